The summed E-state index contributed by atoms with van der Waals surface area (Å²) in [5, 5.41) is 18.4. The van der Waals surface area contributed by atoms with Crippen LogP contribution in [0.3, 0.4) is 0 Å². The fraction of sp³-hybridized carbons (Fsp3) is 0.455. The summed E-state index contributed by atoms with van der Waals surface area (Å²) in [6, 6.07) is 5.18. The molecule has 0 aliphatic rings. The average molecular weight is 212 g/mol. The van der Waals surface area contributed by atoms with Crippen LogP contribution in [0.15, 0.2) is 18.2 Å². The van der Waals surface area contributed by atoms with Crippen molar-refractivity contribution in [2.24, 2.45) is 0 Å². The molecule has 0 heterocycles. The summed E-state index contributed by atoms with van der Waals surface area (Å²) in [7, 11) is 3.11. The van der Waals surface area contributed by atoms with E-state index in [9.17, 15) is 5.11 Å². The molecular formula is C11H16O4. The van der Waals surface area contributed by atoms with Crippen molar-refractivity contribution in [3.05, 3.63) is 23.8 Å². The van der Waals surface area contributed by atoms with Crippen LogP contribution < -0.4 is 9.47 Å². The van der Waals surface area contributed by atoms with E-state index >= 15 is 0 Å². The summed E-state index contributed by atoms with van der Waals surface area (Å²) >= 11 is 0. The van der Waals surface area contributed by atoms with Gasteiger partial charge in [0.1, 0.15) is 11.5 Å². The van der Waals surface area contributed by atoms with E-state index in [-0.39, 0.29) is 6.61 Å². The van der Waals surface area contributed by atoms with Gasteiger partial charge in [-0.2, -0.15) is 0 Å². The second-order valence-electron chi connectivity index (χ2n) is 3.17. The molecule has 0 spiro atoms. The molecule has 0 aromatic heterocycles. The Balaban J connectivity index is 2.95. The molecule has 4 heteroatoms. The third-order valence-corrected chi connectivity index (χ3v) is 2.16. The molecule has 0 aliphatic carbocycles. The first-order chi connectivity index (χ1) is 7.21. The minimum Gasteiger partial charge on any atom is -0.497 e. The van der Waals surface area contributed by atoms with Gasteiger partial charge in [-0.25, -0.2) is 0 Å². The smallest absolute Gasteiger partial charge is 0.122 e. The molecular weight excluding hydrogens is 196 g/mol. The van der Waals surface area contributed by atoms with Crippen LogP contribution >= 0.6 is 0 Å². The summed E-state index contributed by atoms with van der Waals surface area (Å²) in [5.74, 6) is 1.25. The van der Waals surface area contributed by atoms with E-state index in [2.05, 4.69) is 0 Å². The molecule has 0 bridgehead atoms. The van der Waals surface area contributed by atoms with E-state index in [1.807, 2.05) is 0 Å². The standard InChI is InChI=1S/C11H16O4/c1-14-9-5-8(11(13)3-4-12)6-10(7-9)15-2/h5-7,11-13H,3-4H2,1-2H3/t11-/m1/s1. The molecule has 0 saturated heterocycles. The highest BCUT2D eigenvalue weighted by Crippen LogP contribution is 2.27. The Morgan fingerprint density at radius 2 is 1.67 bits per heavy atom. The van der Waals surface area contributed by atoms with E-state index in [0.717, 1.165) is 0 Å². The van der Waals surface area contributed by atoms with Crippen molar-refractivity contribution in [3.63, 3.8) is 0 Å². The van der Waals surface area contributed by atoms with Crippen molar-refractivity contribution in [3.8, 4) is 11.5 Å². The number of hydrogen-bond acceptors (Lipinski definition) is 4. The van der Waals surface area contributed by atoms with Crippen LogP contribution in [-0.4, -0.2) is 31.0 Å². The van der Waals surface area contributed by atoms with Gasteiger partial charge in [0.15, 0.2) is 0 Å². The lowest BCUT2D eigenvalue weighted by Crippen LogP contribution is -2.01. The van der Waals surface area contributed by atoms with Gasteiger partial charge in [0.25, 0.3) is 0 Å². The molecule has 15 heavy (non-hydrogen) atoms. The molecule has 0 aliphatic heterocycles. The van der Waals surface area contributed by atoms with Gasteiger partial charge in [0, 0.05) is 19.1 Å². The number of hydrogen-bond donors (Lipinski definition) is 2. The van der Waals surface area contributed by atoms with E-state index in [1.165, 1.54) is 0 Å². The van der Waals surface area contributed by atoms with Gasteiger partial charge < -0.3 is 19.7 Å². The summed E-state index contributed by atoms with van der Waals surface area (Å²) in [6.45, 7) is -0.0549. The van der Waals surface area contributed by atoms with Crippen molar-refractivity contribution in [1.82, 2.24) is 0 Å². The highest BCUT2D eigenvalue weighted by atomic mass is 16.5. The normalized spacial score (nSPS) is 12.3. The predicted molar refractivity (Wildman–Crippen MR) is 56.2 cm³/mol. The summed E-state index contributed by atoms with van der Waals surface area (Å²) in [5.41, 5.74) is 0.681. The van der Waals surface area contributed by atoms with Crippen molar-refractivity contribution in [2.45, 2.75) is 12.5 Å². The lowest BCUT2D eigenvalue weighted by atomic mass is 10.1. The average Bonchev–Trinajstić information content (AvgIpc) is 2.28. The molecule has 1 aromatic carbocycles. The molecule has 2 N–H and O–H groups in total. The van der Waals surface area contributed by atoms with Crippen LogP contribution in [0.25, 0.3) is 0 Å². The van der Waals surface area contributed by atoms with Crippen molar-refractivity contribution in [2.75, 3.05) is 20.8 Å². The first-order valence-electron chi connectivity index (χ1n) is 4.73. The molecule has 0 amide bonds. The molecule has 0 fully saturated rings. The van der Waals surface area contributed by atoms with Gasteiger partial charge in [0.2, 0.25) is 0 Å². The van der Waals surface area contributed by atoms with Gasteiger partial charge >= 0.3 is 0 Å². The number of benzene rings is 1. The monoisotopic (exact) mass is 212 g/mol. The zero-order valence-electron chi connectivity index (χ0n) is 8.93. The number of rotatable bonds is 5. The van der Waals surface area contributed by atoms with Gasteiger partial charge in [-0.3, -0.25) is 0 Å². The Labute approximate surface area is 89.1 Å². The second kappa shape index (κ2) is 5.58. The summed E-state index contributed by atoms with van der Waals surface area (Å²) in [4.78, 5) is 0. The molecule has 1 aromatic rings. The fourth-order valence-corrected chi connectivity index (χ4v) is 1.31. The van der Waals surface area contributed by atoms with Crippen LogP contribution in [0.2, 0.25) is 0 Å². The van der Waals surface area contributed by atoms with Crippen LogP contribution in [-0.2, 0) is 0 Å². The molecule has 4 nitrogen and oxygen atoms in total. The Bertz CT molecular complexity index is 289. The first kappa shape index (κ1) is 11.8. The maximum atomic E-state index is 9.69. The lowest BCUT2D eigenvalue weighted by Gasteiger charge is -2.12. The SMILES string of the molecule is COc1cc(OC)cc([C@H](O)CCO)c1. The van der Waals surface area contributed by atoms with Gasteiger partial charge in [-0.15, -0.1) is 0 Å². The number of methoxy groups -OCH3 is 2. The van der Waals surface area contributed by atoms with Crippen LogP contribution in [0.5, 0.6) is 11.5 Å². The van der Waals surface area contributed by atoms with Crippen LogP contribution in [0.1, 0.15) is 18.1 Å². The maximum Gasteiger partial charge on any atom is 0.122 e. The van der Waals surface area contributed by atoms with Crippen molar-refractivity contribution in [1.29, 1.82) is 0 Å². The summed E-state index contributed by atoms with van der Waals surface area (Å²) < 4.78 is 10.1. The molecule has 0 unspecified atom stereocenters. The molecule has 84 valence electrons. The maximum absolute atomic E-state index is 9.69. The summed E-state index contributed by atoms with van der Waals surface area (Å²) in [6.07, 6.45) is -0.393. The predicted octanol–water partition coefficient (Wildman–Crippen LogP) is 1.12. The molecule has 1 rings (SSSR count). The highest BCUT2D eigenvalue weighted by Gasteiger charge is 2.10. The van der Waals surface area contributed by atoms with Crippen molar-refractivity contribution >= 4 is 0 Å². The van der Waals surface area contributed by atoms with Crippen LogP contribution in [0.4, 0.5) is 0 Å². The fourth-order valence-electron chi connectivity index (χ4n) is 1.31. The Morgan fingerprint density at radius 1 is 1.13 bits per heavy atom. The quantitative estimate of drug-likeness (QED) is 0.768. The zero-order chi connectivity index (χ0) is 11.3. The largest absolute Gasteiger partial charge is 0.497 e. The number of aliphatic hydroxyl groups is 2. The second-order valence-corrected chi connectivity index (χ2v) is 3.17. The van der Waals surface area contributed by atoms with E-state index in [0.29, 0.717) is 23.5 Å². The Hall–Kier alpha value is -1.26. The molecule has 0 radical (unpaired) electrons. The molecule has 0 saturated carbocycles. The Kier molecular flexibility index (Phi) is 4.39. The molecule has 1 atom stereocenters. The van der Waals surface area contributed by atoms with E-state index in [4.69, 9.17) is 14.6 Å². The highest BCUT2D eigenvalue weighted by molar-refractivity contribution is 5.39. The third-order valence-electron chi connectivity index (χ3n) is 2.16. The Morgan fingerprint density at radius 3 is 2.07 bits per heavy atom. The first-order valence-corrected chi connectivity index (χ1v) is 4.73. The minimum absolute atomic E-state index is 0.0549. The van der Waals surface area contributed by atoms with E-state index < -0.39 is 6.10 Å². The minimum atomic E-state index is -0.695. The van der Waals surface area contributed by atoms with Gasteiger partial charge in [-0.05, 0) is 17.7 Å². The third kappa shape index (κ3) is 3.11. The topological polar surface area (TPSA) is 58.9 Å². The number of ether oxygens (including phenoxy) is 2. The van der Waals surface area contributed by atoms with Crippen LogP contribution in [0, 0.1) is 0 Å². The lowest BCUT2D eigenvalue weighted by molar-refractivity contribution is 0.134. The zero-order valence-corrected chi connectivity index (χ0v) is 8.93. The van der Waals surface area contributed by atoms with Crippen molar-refractivity contribution < 1.29 is 19.7 Å². The van der Waals surface area contributed by atoms with Gasteiger partial charge in [0.05, 0.1) is 20.3 Å². The van der Waals surface area contributed by atoms with Gasteiger partial charge in [-0.1, -0.05) is 0 Å². The van der Waals surface area contributed by atoms with E-state index in [1.54, 1.807) is 32.4 Å². The number of aliphatic hydroxyl groups excluding tert-OH is 2.